The van der Waals surface area contributed by atoms with Crippen molar-refractivity contribution in [1.29, 1.82) is 0 Å². The van der Waals surface area contributed by atoms with Crippen LogP contribution >= 0.6 is 0 Å². The van der Waals surface area contributed by atoms with Crippen LogP contribution in [0, 0.1) is 0 Å². The van der Waals surface area contributed by atoms with Crippen LogP contribution in [-0.4, -0.2) is 33.3 Å². The molecular formula is C18H22N2O4. The molecule has 6 heteroatoms. The van der Waals surface area contributed by atoms with E-state index in [-0.39, 0.29) is 5.91 Å². The highest BCUT2D eigenvalue weighted by Gasteiger charge is 2.15. The molecule has 0 aliphatic carbocycles. The summed E-state index contributed by atoms with van der Waals surface area (Å²) in [7, 11) is 4.71. The maximum atomic E-state index is 12.4. The molecule has 2 aromatic carbocycles. The molecular weight excluding hydrogens is 308 g/mol. The quantitative estimate of drug-likeness (QED) is 0.816. The van der Waals surface area contributed by atoms with Gasteiger partial charge in [0.1, 0.15) is 11.8 Å². The lowest BCUT2D eigenvalue weighted by molar-refractivity contribution is -0.116. The van der Waals surface area contributed by atoms with E-state index in [4.69, 9.17) is 14.2 Å². The zero-order valence-electron chi connectivity index (χ0n) is 14.3. The summed E-state index contributed by atoms with van der Waals surface area (Å²) in [5, 5.41) is 5.99. The highest BCUT2D eigenvalue weighted by atomic mass is 16.5. The first-order valence-corrected chi connectivity index (χ1v) is 7.51. The SMILES string of the molecule is COc1ccccc1NC(=O)[C@H](C)Nc1ccc(OC)c(OC)c1. The highest BCUT2D eigenvalue weighted by Crippen LogP contribution is 2.30. The van der Waals surface area contributed by atoms with Gasteiger partial charge in [-0.15, -0.1) is 0 Å². The van der Waals surface area contributed by atoms with Gasteiger partial charge < -0.3 is 24.8 Å². The molecule has 2 rings (SSSR count). The van der Waals surface area contributed by atoms with Crippen LogP contribution in [-0.2, 0) is 4.79 Å². The Bertz CT molecular complexity index is 703. The van der Waals surface area contributed by atoms with E-state index < -0.39 is 6.04 Å². The first-order chi connectivity index (χ1) is 11.6. The molecule has 0 aromatic heterocycles. The number of para-hydroxylation sites is 2. The van der Waals surface area contributed by atoms with Gasteiger partial charge in [-0.2, -0.15) is 0 Å². The largest absolute Gasteiger partial charge is 0.495 e. The fourth-order valence-electron chi connectivity index (χ4n) is 2.23. The third-order valence-corrected chi connectivity index (χ3v) is 3.52. The lowest BCUT2D eigenvalue weighted by Gasteiger charge is -2.17. The van der Waals surface area contributed by atoms with Gasteiger partial charge >= 0.3 is 0 Å². The average molecular weight is 330 g/mol. The summed E-state index contributed by atoms with van der Waals surface area (Å²) in [6, 6.07) is 12.2. The Kier molecular flexibility index (Phi) is 5.89. The number of carbonyl (C=O) groups excluding carboxylic acids is 1. The van der Waals surface area contributed by atoms with Crippen molar-refractivity contribution >= 4 is 17.3 Å². The fraction of sp³-hybridized carbons (Fsp3) is 0.278. The maximum Gasteiger partial charge on any atom is 0.246 e. The van der Waals surface area contributed by atoms with E-state index in [9.17, 15) is 4.79 Å². The average Bonchev–Trinajstić information content (AvgIpc) is 2.61. The smallest absolute Gasteiger partial charge is 0.246 e. The minimum atomic E-state index is -0.451. The number of hydrogen-bond donors (Lipinski definition) is 2. The molecule has 0 saturated heterocycles. The second-order valence-corrected chi connectivity index (χ2v) is 5.13. The monoisotopic (exact) mass is 330 g/mol. The molecule has 2 aromatic rings. The van der Waals surface area contributed by atoms with E-state index in [2.05, 4.69) is 10.6 Å². The first kappa shape index (κ1) is 17.5. The summed E-state index contributed by atoms with van der Waals surface area (Å²) in [6.07, 6.45) is 0. The summed E-state index contributed by atoms with van der Waals surface area (Å²) in [6.45, 7) is 1.78. The van der Waals surface area contributed by atoms with Crippen LogP contribution in [0.25, 0.3) is 0 Å². The second kappa shape index (κ2) is 8.10. The first-order valence-electron chi connectivity index (χ1n) is 7.51. The predicted molar refractivity (Wildman–Crippen MR) is 94.3 cm³/mol. The summed E-state index contributed by atoms with van der Waals surface area (Å²) in [4.78, 5) is 12.4. The zero-order valence-corrected chi connectivity index (χ0v) is 14.3. The van der Waals surface area contributed by atoms with Gasteiger partial charge in [-0.1, -0.05) is 12.1 Å². The molecule has 0 heterocycles. The summed E-state index contributed by atoms with van der Waals surface area (Å²) >= 11 is 0. The third-order valence-electron chi connectivity index (χ3n) is 3.52. The van der Waals surface area contributed by atoms with Crippen LogP contribution in [0.3, 0.4) is 0 Å². The standard InChI is InChI=1S/C18H22N2O4/c1-12(18(21)20-14-7-5-6-8-15(14)22-2)19-13-9-10-16(23-3)17(11-13)24-4/h5-12,19H,1-4H3,(H,20,21)/t12-/m0/s1. The maximum absolute atomic E-state index is 12.4. The van der Waals surface area contributed by atoms with Gasteiger partial charge in [-0.25, -0.2) is 0 Å². The molecule has 24 heavy (non-hydrogen) atoms. The van der Waals surface area contributed by atoms with E-state index in [1.54, 1.807) is 52.5 Å². The van der Waals surface area contributed by atoms with Crippen molar-refractivity contribution in [3.63, 3.8) is 0 Å². The Balaban J connectivity index is 2.06. The lowest BCUT2D eigenvalue weighted by atomic mass is 10.2. The number of ether oxygens (including phenoxy) is 3. The van der Waals surface area contributed by atoms with Gasteiger partial charge in [0.25, 0.3) is 0 Å². The molecule has 0 spiro atoms. The number of methoxy groups -OCH3 is 3. The Hall–Kier alpha value is -2.89. The number of amides is 1. The van der Waals surface area contributed by atoms with Crippen LogP contribution in [0.1, 0.15) is 6.92 Å². The van der Waals surface area contributed by atoms with Crippen molar-refractivity contribution < 1.29 is 19.0 Å². The van der Waals surface area contributed by atoms with E-state index in [1.165, 1.54) is 0 Å². The van der Waals surface area contributed by atoms with Gasteiger partial charge in [0.2, 0.25) is 5.91 Å². The Labute approximate surface area is 141 Å². The Morgan fingerprint density at radius 2 is 1.58 bits per heavy atom. The molecule has 128 valence electrons. The Morgan fingerprint density at radius 1 is 0.917 bits per heavy atom. The normalized spacial score (nSPS) is 11.3. The second-order valence-electron chi connectivity index (χ2n) is 5.13. The number of nitrogens with one attached hydrogen (secondary N) is 2. The van der Waals surface area contributed by atoms with Gasteiger partial charge in [-0.3, -0.25) is 4.79 Å². The zero-order chi connectivity index (χ0) is 17.5. The van der Waals surface area contributed by atoms with Gasteiger partial charge in [-0.05, 0) is 31.2 Å². The molecule has 0 fully saturated rings. The van der Waals surface area contributed by atoms with Crippen LogP contribution < -0.4 is 24.8 Å². The number of anilines is 2. The molecule has 0 aliphatic heterocycles. The molecule has 0 saturated carbocycles. The molecule has 6 nitrogen and oxygen atoms in total. The predicted octanol–water partition coefficient (Wildman–Crippen LogP) is 3.15. The molecule has 0 aliphatic rings. The number of rotatable bonds is 7. The molecule has 0 bridgehead atoms. The lowest BCUT2D eigenvalue weighted by Crippen LogP contribution is -2.32. The topological polar surface area (TPSA) is 68.8 Å². The van der Waals surface area contributed by atoms with Crippen molar-refractivity contribution in [1.82, 2.24) is 0 Å². The van der Waals surface area contributed by atoms with Gasteiger partial charge in [0.05, 0.1) is 27.0 Å². The summed E-state index contributed by atoms with van der Waals surface area (Å²) in [5.74, 6) is 1.67. The Morgan fingerprint density at radius 3 is 2.25 bits per heavy atom. The molecule has 0 unspecified atom stereocenters. The minimum absolute atomic E-state index is 0.172. The molecule has 1 amide bonds. The van der Waals surface area contributed by atoms with E-state index in [0.29, 0.717) is 22.9 Å². The van der Waals surface area contributed by atoms with Crippen LogP contribution in [0.2, 0.25) is 0 Å². The molecule has 1 atom stereocenters. The number of hydrogen-bond acceptors (Lipinski definition) is 5. The van der Waals surface area contributed by atoms with Crippen molar-refractivity contribution in [2.45, 2.75) is 13.0 Å². The van der Waals surface area contributed by atoms with E-state index >= 15 is 0 Å². The molecule has 0 radical (unpaired) electrons. The third kappa shape index (κ3) is 4.10. The summed E-state index contributed by atoms with van der Waals surface area (Å²) < 4.78 is 15.7. The van der Waals surface area contributed by atoms with Crippen molar-refractivity contribution in [2.24, 2.45) is 0 Å². The van der Waals surface area contributed by atoms with Crippen LogP contribution in [0.15, 0.2) is 42.5 Å². The molecule has 2 N–H and O–H groups in total. The van der Waals surface area contributed by atoms with Crippen LogP contribution in [0.4, 0.5) is 11.4 Å². The van der Waals surface area contributed by atoms with Crippen molar-refractivity contribution in [3.8, 4) is 17.2 Å². The van der Waals surface area contributed by atoms with Crippen LogP contribution in [0.5, 0.6) is 17.2 Å². The van der Waals surface area contributed by atoms with Gasteiger partial charge in [0.15, 0.2) is 11.5 Å². The van der Waals surface area contributed by atoms with Crippen molar-refractivity contribution in [3.05, 3.63) is 42.5 Å². The van der Waals surface area contributed by atoms with Crippen molar-refractivity contribution in [2.75, 3.05) is 32.0 Å². The summed E-state index contributed by atoms with van der Waals surface area (Å²) in [5.41, 5.74) is 1.39. The van der Waals surface area contributed by atoms with E-state index in [0.717, 1.165) is 5.69 Å². The van der Waals surface area contributed by atoms with E-state index in [1.807, 2.05) is 18.2 Å². The fourth-order valence-corrected chi connectivity index (χ4v) is 2.23. The number of benzene rings is 2. The highest BCUT2D eigenvalue weighted by molar-refractivity contribution is 5.97. The number of carbonyl (C=O) groups is 1. The van der Waals surface area contributed by atoms with Gasteiger partial charge in [0, 0.05) is 11.8 Å². The minimum Gasteiger partial charge on any atom is -0.495 e.